The van der Waals surface area contributed by atoms with Crippen LogP contribution in [0.15, 0.2) is 24.3 Å². The van der Waals surface area contributed by atoms with Crippen molar-refractivity contribution < 1.29 is 5.11 Å². The van der Waals surface area contributed by atoms with Gasteiger partial charge in [-0.2, -0.15) is 5.26 Å². The summed E-state index contributed by atoms with van der Waals surface area (Å²) in [5, 5.41) is 20.8. The Balaban J connectivity index is 2.02. The fraction of sp³-hybridized carbons (Fsp3) is 0.562. The lowest BCUT2D eigenvalue weighted by Gasteiger charge is -2.40. The van der Waals surface area contributed by atoms with Gasteiger partial charge in [-0.15, -0.1) is 0 Å². The lowest BCUT2D eigenvalue weighted by molar-refractivity contribution is -0.0736. The average molecular weight is 241 g/mol. The zero-order valence-corrected chi connectivity index (χ0v) is 10.8. The van der Waals surface area contributed by atoms with Crippen LogP contribution < -0.4 is 0 Å². The molecule has 0 heterocycles. The Bertz CT molecular complexity index is 487. The van der Waals surface area contributed by atoms with Crippen molar-refractivity contribution in [3.63, 3.8) is 0 Å². The number of hydrogen-bond donors (Lipinski definition) is 1. The summed E-state index contributed by atoms with van der Waals surface area (Å²) >= 11 is 0. The van der Waals surface area contributed by atoms with Crippen LogP contribution in [-0.2, 0) is 12.8 Å². The van der Waals surface area contributed by atoms with Gasteiger partial charge < -0.3 is 5.11 Å². The second-order valence-corrected chi connectivity index (χ2v) is 5.87. The number of nitrogens with zero attached hydrogens (tertiary/aromatic N) is 1. The Morgan fingerprint density at radius 3 is 2.28 bits per heavy atom. The minimum absolute atomic E-state index is 0.330. The molecule has 1 aromatic carbocycles. The van der Waals surface area contributed by atoms with Gasteiger partial charge >= 0.3 is 0 Å². The highest BCUT2D eigenvalue weighted by molar-refractivity contribution is 5.40. The molecule has 0 saturated heterocycles. The second-order valence-electron chi connectivity index (χ2n) is 5.87. The molecule has 0 aromatic heterocycles. The van der Waals surface area contributed by atoms with Crippen LogP contribution >= 0.6 is 0 Å². The molecule has 1 aromatic rings. The maximum Gasteiger partial charge on any atom is 0.0943 e. The average Bonchev–Trinajstić information content (AvgIpc) is 3.18. The van der Waals surface area contributed by atoms with E-state index in [1.165, 1.54) is 11.1 Å². The molecule has 2 nitrogen and oxygen atoms in total. The van der Waals surface area contributed by atoms with E-state index in [2.05, 4.69) is 18.2 Å². The number of benzene rings is 1. The van der Waals surface area contributed by atoms with Crippen molar-refractivity contribution in [2.24, 2.45) is 11.3 Å². The third kappa shape index (κ3) is 1.44. The number of hydrogen-bond acceptors (Lipinski definition) is 2. The summed E-state index contributed by atoms with van der Waals surface area (Å²) < 4.78 is 0. The van der Waals surface area contributed by atoms with E-state index in [-0.39, 0.29) is 0 Å². The summed E-state index contributed by atoms with van der Waals surface area (Å²) in [4.78, 5) is 0. The molecular formula is C16H19NO. The molecule has 1 atom stereocenters. The number of nitriles is 1. The van der Waals surface area contributed by atoms with Crippen LogP contribution in [0.1, 0.15) is 37.3 Å². The van der Waals surface area contributed by atoms with Gasteiger partial charge in [-0.05, 0) is 49.1 Å². The molecule has 1 fully saturated rings. The highest BCUT2D eigenvalue weighted by Crippen LogP contribution is 2.55. The number of rotatable bonds is 3. The molecule has 1 N–H and O–H groups in total. The van der Waals surface area contributed by atoms with Gasteiger partial charge in [0.1, 0.15) is 0 Å². The largest absolute Gasteiger partial charge is 0.388 e. The lowest BCUT2D eigenvalue weighted by Crippen LogP contribution is -2.49. The maximum absolute atomic E-state index is 11.1. The highest BCUT2D eigenvalue weighted by Gasteiger charge is 2.59. The monoisotopic (exact) mass is 241 g/mol. The predicted molar refractivity (Wildman–Crippen MR) is 69.9 cm³/mol. The van der Waals surface area contributed by atoms with Crippen molar-refractivity contribution in [1.29, 1.82) is 5.26 Å². The first-order valence-corrected chi connectivity index (χ1v) is 6.85. The first-order chi connectivity index (χ1) is 8.65. The molecular weight excluding hydrogens is 222 g/mol. The zero-order valence-electron chi connectivity index (χ0n) is 10.8. The normalized spacial score (nSPS) is 24.1. The molecule has 3 rings (SSSR count). The van der Waals surface area contributed by atoms with E-state index in [9.17, 15) is 10.4 Å². The van der Waals surface area contributed by atoms with Gasteiger partial charge in [0.25, 0.3) is 0 Å². The maximum atomic E-state index is 11.1. The molecule has 0 radical (unpaired) electrons. The van der Waals surface area contributed by atoms with Gasteiger partial charge in [-0.25, -0.2) is 0 Å². The Kier molecular flexibility index (Phi) is 2.50. The Hall–Kier alpha value is -1.33. The van der Waals surface area contributed by atoms with Crippen LogP contribution in [0.4, 0.5) is 0 Å². The molecule has 2 heteroatoms. The second kappa shape index (κ2) is 3.83. The van der Waals surface area contributed by atoms with Crippen LogP contribution in [0.2, 0.25) is 0 Å². The molecule has 0 bridgehead atoms. The SMILES string of the molecule is CCC(O)(C1CC1)C1(C#N)Cc2ccccc2C1. The van der Waals surface area contributed by atoms with Gasteiger partial charge in [0.05, 0.1) is 17.1 Å². The molecule has 94 valence electrons. The third-order valence-corrected chi connectivity index (χ3v) is 4.94. The molecule has 0 spiro atoms. The van der Waals surface area contributed by atoms with Gasteiger partial charge in [-0.1, -0.05) is 31.2 Å². The third-order valence-electron chi connectivity index (χ3n) is 4.94. The quantitative estimate of drug-likeness (QED) is 0.884. The van der Waals surface area contributed by atoms with Gasteiger partial charge in [-0.3, -0.25) is 0 Å². The van der Waals surface area contributed by atoms with E-state index in [1.54, 1.807) is 0 Å². The summed E-state index contributed by atoms with van der Waals surface area (Å²) in [6.07, 6.45) is 4.24. The number of fused-ring (bicyclic) bond motifs is 1. The van der Waals surface area contributed by atoms with E-state index in [4.69, 9.17) is 0 Å². The smallest absolute Gasteiger partial charge is 0.0943 e. The molecule has 2 aliphatic carbocycles. The van der Waals surface area contributed by atoms with Crippen molar-refractivity contribution in [1.82, 2.24) is 0 Å². The van der Waals surface area contributed by atoms with Gasteiger partial charge in [0, 0.05) is 0 Å². The summed E-state index contributed by atoms with van der Waals surface area (Å²) in [6.45, 7) is 2.01. The van der Waals surface area contributed by atoms with E-state index >= 15 is 0 Å². The van der Waals surface area contributed by atoms with Crippen LogP contribution in [0, 0.1) is 22.7 Å². The number of aliphatic hydroxyl groups is 1. The standard InChI is InChI=1S/C16H19NO/c1-2-16(18,14-7-8-14)15(11-17)9-12-5-3-4-6-13(12)10-15/h3-6,14,18H,2,7-10H2,1H3. The highest BCUT2D eigenvalue weighted by atomic mass is 16.3. The Morgan fingerprint density at radius 2 is 1.89 bits per heavy atom. The van der Waals surface area contributed by atoms with Crippen molar-refractivity contribution in [2.75, 3.05) is 0 Å². The van der Waals surface area contributed by atoms with Gasteiger partial charge in [0.2, 0.25) is 0 Å². The molecule has 18 heavy (non-hydrogen) atoms. The van der Waals surface area contributed by atoms with Crippen LogP contribution in [-0.4, -0.2) is 10.7 Å². The van der Waals surface area contributed by atoms with E-state index in [0.717, 1.165) is 12.8 Å². The molecule has 2 aliphatic rings. The van der Waals surface area contributed by atoms with E-state index in [0.29, 0.717) is 25.2 Å². The molecule has 0 aliphatic heterocycles. The lowest BCUT2D eigenvalue weighted by atomic mass is 9.66. The van der Waals surface area contributed by atoms with Crippen LogP contribution in [0.5, 0.6) is 0 Å². The minimum Gasteiger partial charge on any atom is -0.388 e. The van der Waals surface area contributed by atoms with Crippen molar-refractivity contribution in [3.8, 4) is 6.07 Å². The summed E-state index contributed by atoms with van der Waals surface area (Å²) in [5.74, 6) is 0.330. The van der Waals surface area contributed by atoms with Crippen molar-refractivity contribution in [2.45, 2.75) is 44.6 Å². The first kappa shape index (κ1) is 11.7. The van der Waals surface area contributed by atoms with Crippen LogP contribution in [0.25, 0.3) is 0 Å². The Morgan fingerprint density at radius 1 is 1.33 bits per heavy atom. The minimum atomic E-state index is -0.805. The van der Waals surface area contributed by atoms with Crippen LogP contribution in [0.3, 0.4) is 0 Å². The fourth-order valence-electron chi connectivity index (χ4n) is 3.68. The molecule has 1 unspecified atom stereocenters. The van der Waals surface area contributed by atoms with E-state index < -0.39 is 11.0 Å². The zero-order chi connectivity index (χ0) is 12.8. The fourth-order valence-corrected chi connectivity index (χ4v) is 3.68. The van der Waals surface area contributed by atoms with E-state index in [1.807, 2.05) is 19.1 Å². The van der Waals surface area contributed by atoms with Crippen molar-refractivity contribution >= 4 is 0 Å². The summed E-state index contributed by atoms with van der Waals surface area (Å²) in [6, 6.07) is 10.7. The molecule has 0 amide bonds. The van der Waals surface area contributed by atoms with Gasteiger partial charge in [0.15, 0.2) is 0 Å². The first-order valence-electron chi connectivity index (χ1n) is 6.85. The summed E-state index contributed by atoms with van der Waals surface area (Å²) in [5.41, 5.74) is 1.08. The topological polar surface area (TPSA) is 44.0 Å². The summed E-state index contributed by atoms with van der Waals surface area (Å²) in [7, 11) is 0. The molecule has 1 saturated carbocycles. The predicted octanol–water partition coefficient (Wildman–Crippen LogP) is 2.85. The Labute approximate surface area is 108 Å². The van der Waals surface area contributed by atoms with Crippen molar-refractivity contribution in [3.05, 3.63) is 35.4 Å².